The maximum atomic E-state index is 12.1. The van der Waals surface area contributed by atoms with Gasteiger partial charge in [0.2, 0.25) is 5.91 Å². The zero-order chi connectivity index (χ0) is 14.7. The lowest BCUT2D eigenvalue weighted by molar-refractivity contribution is -0.131. The number of hydrogen-bond donors (Lipinski definition) is 1. The van der Waals surface area contributed by atoms with Crippen LogP contribution in [0.4, 0.5) is 0 Å². The second-order valence-electron chi connectivity index (χ2n) is 5.02. The summed E-state index contributed by atoms with van der Waals surface area (Å²) in [4.78, 5) is 16.5. The summed E-state index contributed by atoms with van der Waals surface area (Å²) in [7, 11) is 0. The summed E-state index contributed by atoms with van der Waals surface area (Å²) in [5.41, 5.74) is 0. The molecule has 114 valence electrons. The second kappa shape index (κ2) is 11.2. The minimum absolute atomic E-state index is 0.273. The quantitative estimate of drug-likeness (QED) is 0.624. The van der Waals surface area contributed by atoms with E-state index in [1.165, 1.54) is 0 Å². The van der Waals surface area contributed by atoms with Gasteiger partial charge in [0, 0.05) is 25.6 Å². The normalized spacial score (nSPS) is 12.7. The molecule has 0 radical (unpaired) electrons. The fourth-order valence-electron chi connectivity index (χ4n) is 2.30. The van der Waals surface area contributed by atoms with E-state index in [9.17, 15) is 4.79 Å². The van der Waals surface area contributed by atoms with Crippen molar-refractivity contribution >= 4 is 5.91 Å². The van der Waals surface area contributed by atoms with Gasteiger partial charge in [-0.1, -0.05) is 20.8 Å². The number of carbonyl (C=O) groups excluding carboxylic acids is 1. The van der Waals surface area contributed by atoms with E-state index in [1.54, 1.807) is 0 Å². The molecule has 4 nitrogen and oxygen atoms in total. The van der Waals surface area contributed by atoms with Crippen LogP contribution >= 0.6 is 0 Å². The van der Waals surface area contributed by atoms with Crippen LogP contribution in [0.1, 0.15) is 47.5 Å². The Kier molecular flexibility index (Phi) is 10.9. The van der Waals surface area contributed by atoms with E-state index in [-0.39, 0.29) is 11.9 Å². The first kappa shape index (κ1) is 18.4. The van der Waals surface area contributed by atoms with Gasteiger partial charge in [0.15, 0.2) is 0 Å². The Morgan fingerprint density at radius 1 is 1.05 bits per heavy atom. The van der Waals surface area contributed by atoms with Crippen molar-refractivity contribution in [3.05, 3.63) is 0 Å². The average Bonchev–Trinajstić information content (AvgIpc) is 2.39. The van der Waals surface area contributed by atoms with Gasteiger partial charge in [0.05, 0.1) is 0 Å². The molecule has 0 aliphatic carbocycles. The van der Waals surface area contributed by atoms with Crippen LogP contribution in [-0.2, 0) is 4.79 Å². The molecule has 0 aliphatic heterocycles. The highest BCUT2D eigenvalue weighted by Gasteiger charge is 2.14. The van der Waals surface area contributed by atoms with Gasteiger partial charge in [0.1, 0.15) is 0 Å². The van der Waals surface area contributed by atoms with Crippen LogP contribution in [0.5, 0.6) is 0 Å². The third kappa shape index (κ3) is 8.22. The maximum Gasteiger partial charge on any atom is 0.224 e. The molecule has 0 bridgehead atoms. The van der Waals surface area contributed by atoms with E-state index in [0.717, 1.165) is 45.7 Å². The fourth-order valence-corrected chi connectivity index (χ4v) is 2.30. The predicted octanol–water partition coefficient (Wildman–Crippen LogP) is 1.95. The average molecular weight is 271 g/mol. The van der Waals surface area contributed by atoms with E-state index in [1.807, 2.05) is 4.90 Å². The molecule has 0 aliphatic rings. The Morgan fingerprint density at radius 2 is 1.68 bits per heavy atom. The first-order valence-corrected chi connectivity index (χ1v) is 7.82. The van der Waals surface area contributed by atoms with Gasteiger partial charge >= 0.3 is 0 Å². The summed E-state index contributed by atoms with van der Waals surface area (Å²) in [6.07, 6.45) is 1.67. The molecule has 0 saturated carbocycles. The van der Waals surface area contributed by atoms with Crippen LogP contribution in [-0.4, -0.2) is 61.0 Å². The number of amides is 1. The Labute approximate surface area is 119 Å². The first-order chi connectivity index (χ1) is 9.08. The third-order valence-electron chi connectivity index (χ3n) is 3.56. The largest absolute Gasteiger partial charge is 0.343 e. The number of carbonyl (C=O) groups is 1. The van der Waals surface area contributed by atoms with Gasteiger partial charge in [0.25, 0.3) is 0 Å². The summed E-state index contributed by atoms with van der Waals surface area (Å²) >= 11 is 0. The van der Waals surface area contributed by atoms with E-state index in [0.29, 0.717) is 6.42 Å². The predicted molar refractivity (Wildman–Crippen MR) is 82.4 cm³/mol. The molecular formula is C15H33N3O. The Bertz CT molecular complexity index is 229. The summed E-state index contributed by atoms with van der Waals surface area (Å²) in [6, 6.07) is 0.273. The lowest BCUT2D eigenvalue weighted by atomic mass is 10.2. The minimum atomic E-state index is 0.273. The smallest absolute Gasteiger partial charge is 0.224 e. The van der Waals surface area contributed by atoms with E-state index in [4.69, 9.17) is 0 Å². The molecule has 1 amide bonds. The van der Waals surface area contributed by atoms with Crippen molar-refractivity contribution in [1.82, 2.24) is 15.1 Å². The topological polar surface area (TPSA) is 35.6 Å². The van der Waals surface area contributed by atoms with E-state index in [2.05, 4.69) is 44.8 Å². The van der Waals surface area contributed by atoms with Crippen molar-refractivity contribution in [1.29, 1.82) is 0 Å². The standard InChI is InChI=1S/C15H33N3O/c1-6-16-14(5)13-15(19)18(9-4)12-10-11-17(7-2)8-3/h14,16H,6-13H2,1-5H3. The second-order valence-corrected chi connectivity index (χ2v) is 5.02. The highest BCUT2D eigenvalue weighted by Crippen LogP contribution is 2.01. The van der Waals surface area contributed by atoms with Crippen LogP contribution in [0.25, 0.3) is 0 Å². The highest BCUT2D eigenvalue weighted by molar-refractivity contribution is 5.76. The zero-order valence-electron chi connectivity index (χ0n) is 13.5. The maximum absolute atomic E-state index is 12.1. The van der Waals surface area contributed by atoms with Crippen LogP contribution in [0.3, 0.4) is 0 Å². The van der Waals surface area contributed by atoms with Crippen molar-refractivity contribution in [3.8, 4) is 0 Å². The molecule has 0 rings (SSSR count). The molecule has 0 saturated heterocycles. The van der Waals surface area contributed by atoms with Crippen molar-refractivity contribution < 1.29 is 4.79 Å². The molecule has 1 unspecified atom stereocenters. The molecule has 19 heavy (non-hydrogen) atoms. The van der Waals surface area contributed by atoms with Gasteiger partial charge in [-0.2, -0.15) is 0 Å². The third-order valence-corrected chi connectivity index (χ3v) is 3.56. The SMILES string of the molecule is CCNC(C)CC(=O)N(CC)CCCN(CC)CC. The van der Waals surface area contributed by atoms with Crippen LogP contribution in [0.15, 0.2) is 0 Å². The van der Waals surface area contributed by atoms with Gasteiger partial charge in [-0.3, -0.25) is 4.79 Å². The van der Waals surface area contributed by atoms with Crippen molar-refractivity contribution in [2.75, 3.05) is 39.3 Å². The molecule has 1 N–H and O–H groups in total. The van der Waals surface area contributed by atoms with Crippen LogP contribution in [0.2, 0.25) is 0 Å². The summed E-state index contributed by atoms with van der Waals surface area (Å²) in [6.45, 7) is 16.5. The van der Waals surface area contributed by atoms with Crippen molar-refractivity contribution in [3.63, 3.8) is 0 Å². The number of nitrogens with one attached hydrogen (secondary N) is 1. The number of nitrogens with zero attached hydrogens (tertiary/aromatic N) is 2. The molecule has 0 aromatic heterocycles. The van der Waals surface area contributed by atoms with E-state index < -0.39 is 0 Å². The van der Waals surface area contributed by atoms with E-state index >= 15 is 0 Å². The number of hydrogen-bond acceptors (Lipinski definition) is 3. The zero-order valence-corrected chi connectivity index (χ0v) is 13.5. The Morgan fingerprint density at radius 3 is 2.16 bits per heavy atom. The summed E-state index contributed by atoms with van der Waals surface area (Å²) in [5, 5.41) is 3.29. The highest BCUT2D eigenvalue weighted by atomic mass is 16.2. The molecule has 0 aromatic rings. The summed E-state index contributed by atoms with van der Waals surface area (Å²) in [5.74, 6) is 0.274. The number of rotatable bonds is 11. The molecular weight excluding hydrogens is 238 g/mol. The Hall–Kier alpha value is -0.610. The fraction of sp³-hybridized carbons (Fsp3) is 0.933. The minimum Gasteiger partial charge on any atom is -0.343 e. The molecule has 0 aromatic carbocycles. The summed E-state index contributed by atoms with van der Waals surface area (Å²) < 4.78 is 0. The van der Waals surface area contributed by atoms with Crippen LogP contribution < -0.4 is 5.32 Å². The molecule has 1 atom stereocenters. The van der Waals surface area contributed by atoms with Gasteiger partial charge in [-0.15, -0.1) is 0 Å². The van der Waals surface area contributed by atoms with Gasteiger partial charge < -0.3 is 15.1 Å². The first-order valence-electron chi connectivity index (χ1n) is 7.82. The molecule has 0 fully saturated rings. The van der Waals surface area contributed by atoms with Crippen molar-refractivity contribution in [2.45, 2.75) is 53.5 Å². The molecule has 4 heteroatoms. The molecule has 0 spiro atoms. The lowest BCUT2D eigenvalue weighted by Gasteiger charge is -2.25. The van der Waals surface area contributed by atoms with Gasteiger partial charge in [-0.25, -0.2) is 0 Å². The van der Waals surface area contributed by atoms with Crippen LogP contribution in [0, 0.1) is 0 Å². The lowest BCUT2D eigenvalue weighted by Crippen LogP contribution is -2.38. The van der Waals surface area contributed by atoms with Gasteiger partial charge in [-0.05, 0) is 46.4 Å². The van der Waals surface area contributed by atoms with Crippen molar-refractivity contribution in [2.24, 2.45) is 0 Å². The molecule has 0 heterocycles. The Balaban J connectivity index is 4.01. The monoisotopic (exact) mass is 271 g/mol.